The molecule has 1 heterocycles. The molecule has 70 valence electrons. The lowest BCUT2D eigenvalue weighted by Crippen LogP contribution is -2.06. The maximum absolute atomic E-state index is 4.99. The van der Waals surface area contributed by atoms with Crippen LogP contribution in [0, 0.1) is 5.92 Å². The van der Waals surface area contributed by atoms with Gasteiger partial charge in [-0.05, 0) is 18.8 Å². The summed E-state index contributed by atoms with van der Waals surface area (Å²) in [6.45, 7) is 0.979. The molecule has 0 aliphatic heterocycles. The van der Waals surface area contributed by atoms with Crippen LogP contribution in [0.2, 0.25) is 0 Å². The Bertz CT molecular complexity index is 286. The Hall–Kier alpha value is -1.32. The summed E-state index contributed by atoms with van der Waals surface area (Å²) in [7, 11) is 1.60. The molecule has 0 saturated heterocycles. The van der Waals surface area contributed by atoms with Gasteiger partial charge in [0.15, 0.2) is 0 Å². The van der Waals surface area contributed by atoms with E-state index in [0.29, 0.717) is 11.8 Å². The van der Waals surface area contributed by atoms with E-state index in [1.54, 1.807) is 19.4 Å². The van der Waals surface area contributed by atoms with Gasteiger partial charge in [0.1, 0.15) is 0 Å². The van der Waals surface area contributed by atoms with Gasteiger partial charge in [-0.15, -0.1) is 0 Å². The minimum absolute atomic E-state index is 0.605. The van der Waals surface area contributed by atoms with Crippen LogP contribution >= 0.6 is 0 Å². The number of nitrogens with one attached hydrogen (secondary N) is 1. The van der Waals surface area contributed by atoms with Crippen LogP contribution in [0.15, 0.2) is 12.3 Å². The van der Waals surface area contributed by atoms with E-state index in [1.165, 1.54) is 12.8 Å². The molecule has 0 aromatic carbocycles. The predicted molar refractivity (Wildman–Crippen MR) is 49.8 cm³/mol. The molecule has 2 rings (SSSR count). The minimum atomic E-state index is 0.605. The Balaban J connectivity index is 1.93. The molecule has 1 fully saturated rings. The summed E-state index contributed by atoms with van der Waals surface area (Å²) in [6, 6.07) is 1.74. The Labute approximate surface area is 77.4 Å². The van der Waals surface area contributed by atoms with Crippen molar-refractivity contribution in [2.45, 2.75) is 12.8 Å². The lowest BCUT2D eigenvalue weighted by atomic mass is 10.4. The van der Waals surface area contributed by atoms with E-state index in [4.69, 9.17) is 4.74 Å². The summed E-state index contributed by atoms with van der Waals surface area (Å²) in [4.78, 5) is 8.23. The maximum atomic E-state index is 4.99. The van der Waals surface area contributed by atoms with Crippen LogP contribution in [0.25, 0.3) is 0 Å². The first-order valence-electron chi connectivity index (χ1n) is 4.49. The number of anilines is 1. The number of hydrogen-bond acceptors (Lipinski definition) is 4. The summed E-state index contributed by atoms with van der Waals surface area (Å²) in [6.07, 6.45) is 4.36. The molecule has 0 amide bonds. The molecule has 0 spiro atoms. The van der Waals surface area contributed by atoms with Crippen molar-refractivity contribution in [3.63, 3.8) is 0 Å². The van der Waals surface area contributed by atoms with Gasteiger partial charge in [0, 0.05) is 18.8 Å². The van der Waals surface area contributed by atoms with Gasteiger partial charge >= 0.3 is 0 Å². The smallest absolute Gasteiger partial charge is 0.225 e. The SMILES string of the molecule is COc1ccnc(NCC2CC2)n1. The first-order valence-corrected chi connectivity index (χ1v) is 4.49. The number of rotatable bonds is 4. The Kier molecular flexibility index (Phi) is 2.29. The third-order valence-electron chi connectivity index (χ3n) is 2.08. The quantitative estimate of drug-likeness (QED) is 0.757. The van der Waals surface area contributed by atoms with Gasteiger partial charge in [-0.1, -0.05) is 0 Å². The van der Waals surface area contributed by atoms with Gasteiger partial charge in [-0.25, -0.2) is 4.98 Å². The molecule has 0 bridgehead atoms. The van der Waals surface area contributed by atoms with Gasteiger partial charge in [0.2, 0.25) is 11.8 Å². The van der Waals surface area contributed by atoms with Gasteiger partial charge in [0.05, 0.1) is 7.11 Å². The molecule has 1 aromatic heterocycles. The van der Waals surface area contributed by atoms with Crippen molar-refractivity contribution in [2.75, 3.05) is 19.0 Å². The standard InChI is InChI=1S/C9H13N3O/c1-13-8-4-5-10-9(12-8)11-6-7-2-3-7/h4-5,7H,2-3,6H2,1H3,(H,10,11,12). The third kappa shape index (κ3) is 2.31. The number of nitrogens with zero attached hydrogens (tertiary/aromatic N) is 2. The van der Waals surface area contributed by atoms with Crippen molar-refractivity contribution < 1.29 is 4.74 Å². The van der Waals surface area contributed by atoms with Crippen molar-refractivity contribution >= 4 is 5.95 Å². The van der Waals surface area contributed by atoms with Crippen molar-refractivity contribution in [3.05, 3.63) is 12.3 Å². The second kappa shape index (κ2) is 3.60. The summed E-state index contributed by atoms with van der Waals surface area (Å²) >= 11 is 0. The van der Waals surface area contributed by atoms with E-state index in [0.717, 1.165) is 12.5 Å². The fourth-order valence-corrected chi connectivity index (χ4v) is 1.10. The van der Waals surface area contributed by atoms with Crippen LogP contribution in [0.3, 0.4) is 0 Å². The highest BCUT2D eigenvalue weighted by molar-refractivity contribution is 5.27. The molecule has 1 N–H and O–H groups in total. The van der Waals surface area contributed by atoms with E-state index >= 15 is 0 Å². The fraction of sp³-hybridized carbons (Fsp3) is 0.556. The van der Waals surface area contributed by atoms with Crippen LogP contribution in [0.4, 0.5) is 5.95 Å². The van der Waals surface area contributed by atoms with E-state index in [1.807, 2.05) is 0 Å². The normalized spacial score (nSPS) is 15.5. The number of hydrogen-bond donors (Lipinski definition) is 1. The van der Waals surface area contributed by atoms with Crippen molar-refractivity contribution in [1.82, 2.24) is 9.97 Å². The highest BCUT2D eigenvalue weighted by Crippen LogP contribution is 2.28. The summed E-state index contributed by atoms with van der Waals surface area (Å²) in [5.74, 6) is 2.09. The van der Waals surface area contributed by atoms with E-state index in [-0.39, 0.29) is 0 Å². The molecule has 1 aliphatic carbocycles. The van der Waals surface area contributed by atoms with Crippen molar-refractivity contribution in [2.24, 2.45) is 5.92 Å². The number of methoxy groups -OCH3 is 1. The lowest BCUT2D eigenvalue weighted by Gasteiger charge is -2.03. The molecule has 1 saturated carbocycles. The van der Waals surface area contributed by atoms with Crippen LogP contribution < -0.4 is 10.1 Å². The zero-order valence-electron chi connectivity index (χ0n) is 7.66. The molecule has 1 aliphatic rings. The van der Waals surface area contributed by atoms with Crippen molar-refractivity contribution in [1.29, 1.82) is 0 Å². The molecule has 4 heteroatoms. The average Bonchev–Trinajstić information content (AvgIpc) is 2.99. The van der Waals surface area contributed by atoms with Gasteiger partial charge in [-0.3, -0.25) is 0 Å². The van der Waals surface area contributed by atoms with Crippen LogP contribution in [0.5, 0.6) is 5.88 Å². The van der Waals surface area contributed by atoms with Crippen LogP contribution in [-0.2, 0) is 0 Å². The first kappa shape index (κ1) is 8.29. The molecule has 0 atom stereocenters. The Morgan fingerprint density at radius 3 is 3.15 bits per heavy atom. The molecule has 13 heavy (non-hydrogen) atoms. The topological polar surface area (TPSA) is 47.0 Å². The molecular weight excluding hydrogens is 166 g/mol. The average molecular weight is 179 g/mol. The zero-order chi connectivity index (χ0) is 9.10. The molecule has 0 unspecified atom stereocenters. The number of ether oxygens (including phenoxy) is 1. The Morgan fingerprint density at radius 1 is 1.62 bits per heavy atom. The minimum Gasteiger partial charge on any atom is -0.481 e. The second-order valence-electron chi connectivity index (χ2n) is 3.25. The second-order valence-corrected chi connectivity index (χ2v) is 3.25. The summed E-state index contributed by atoms with van der Waals surface area (Å²) < 4.78 is 4.99. The van der Waals surface area contributed by atoms with E-state index < -0.39 is 0 Å². The van der Waals surface area contributed by atoms with Gasteiger partial charge < -0.3 is 10.1 Å². The monoisotopic (exact) mass is 179 g/mol. The summed E-state index contributed by atoms with van der Waals surface area (Å²) in [5, 5.41) is 3.18. The lowest BCUT2D eigenvalue weighted by molar-refractivity contribution is 0.397. The molecular formula is C9H13N3O. The molecule has 1 aromatic rings. The highest BCUT2D eigenvalue weighted by atomic mass is 16.5. The van der Waals surface area contributed by atoms with E-state index in [9.17, 15) is 0 Å². The highest BCUT2D eigenvalue weighted by Gasteiger charge is 2.20. The largest absolute Gasteiger partial charge is 0.481 e. The van der Waals surface area contributed by atoms with Gasteiger partial charge in [-0.2, -0.15) is 4.98 Å². The van der Waals surface area contributed by atoms with E-state index in [2.05, 4.69) is 15.3 Å². The zero-order valence-corrected chi connectivity index (χ0v) is 7.66. The predicted octanol–water partition coefficient (Wildman–Crippen LogP) is 1.31. The third-order valence-corrected chi connectivity index (χ3v) is 2.08. The van der Waals surface area contributed by atoms with Crippen molar-refractivity contribution in [3.8, 4) is 5.88 Å². The molecule has 0 radical (unpaired) electrons. The molecule has 4 nitrogen and oxygen atoms in total. The maximum Gasteiger partial charge on any atom is 0.225 e. The fourth-order valence-electron chi connectivity index (χ4n) is 1.10. The first-order chi connectivity index (χ1) is 6.38. The van der Waals surface area contributed by atoms with Crippen LogP contribution in [0.1, 0.15) is 12.8 Å². The summed E-state index contributed by atoms with van der Waals surface area (Å²) in [5.41, 5.74) is 0. The van der Waals surface area contributed by atoms with Crippen LogP contribution in [-0.4, -0.2) is 23.6 Å². The number of aromatic nitrogens is 2. The van der Waals surface area contributed by atoms with Gasteiger partial charge in [0.25, 0.3) is 0 Å². The Morgan fingerprint density at radius 2 is 2.46 bits per heavy atom.